The molecule has 1 aromatic rings. The summed E-state index contributed by atoms with van der Waals surface area (Å²) in [6, 6.07) is 0. The molecular formula is C14H23N3O4S. The first-order valence-electron chi connectivity index (χ1n) is 7.48. The van der Waals surface area contributed by atoms with Crippen LogP contribution in [0.4, 0.5) is 0 Å². The number of nitrogens with zero attached hydrogens (tertiary/aromatic N) is 2. The fourth-order valence-electron chi connectivity index (χ4n) is 2.83. The molecule has 1 saturated heterocycles. The van der Waals surface area contributed by atoms with E-state index in [1.165, 1.54) is 4.31 Å². The number of rotatable bonds is 5. The van der Waals surface area contributed by atoms with Crippen LogP contribution in [0.1, 0.15) is 54.6 Å². The number of aromatic carboxylic acids is 1. The number of aryl methyl sites for hydroxylation is 1. The van der Waals surface area contributed by atoms with Gasteiger partial charge in [0.25, 0.3) is 0 Å². The second-order valence-corrected chi connectivity index (χ2v) is 8.28. The average molecular weight is 329 g/mol. The van der Waals surface area contributed by atoms with E-state index < -0.39 is 16.0 Å². The SMILES string of the molecule is Cc1[nH]c(C2CCCN(S(=O)(=O)CC(C)C)C2)nc1C(=O)O. The minimum Gasteiger partial charge on any atom is -0.476 e. The molecule has 0 radical (unpaired) electrons. The summed E-state index contributed by atoms with van der Waals surface area (Å²) in [5, 5.41) is 9.07. The van der Waals surface area contributed by atoms with Crippen LogP contribution in [0.3, 0.4) is 0 Å². The molecule has 8 heteroatoms. The molecule has 0 aromatic carbocycles. The van der Waals surface area contributed by atoms with Gasteiger partial charge in [-0.3, -0.25) is 0 Å². The van der Waals surface area contributed by atoms with Gasteiger partial charge in [0.05, 0.1) is 5.75 Å². The van der Waals surface area contributed by atoms with Crippen LogP contribution in [-0.4, -0.2) is 52.6 Å². The highest BCUT2D eigenvalue weighted by molar-refractivity contribution is 7.89. The number of carbonyl (C=O) groups is 1. The lowest BCUT2D eigenvalue weighted by Crippen LogP contribution is -2.41. The second kappa shape index (κ2) is 6.37. The molecule has 1 atom stereocenters. The lowest BCUT2D eigenvalue weighted by atomic mass is 9.99. The largest absolute Gasteiger partial charge is 0.476 e. The van der Waals surface area contributed by atoms with Crippen molar-refractivity contribution in [3.63, 3.8) is 0 Å². The summed E-state index contributed by atoms with van der Waals surface area (Å²) < 4.78 is 26.2. The van der Waals surface area contributed by atoms with Gasteiger partial charge in [-0.2, -0.15) is 0 Å². The number of imidazole rings is 1. The smallest absolute Gasteiger partial charge is 0.356 e. The van der Waals surface area contributed by atoms with Gasteiger partial charge in [0.2, 0.25) is 10.0 Å². The van der Waals surface area contributed by atoms with Gasteiger partial charge in [0.1, 0.15) is 5.82 Å². The maximum Gasteiger partial charge on any atom is 0.356 e. The Labute approximate surface area is 130 Å². The van der Waals surface area contributed by atoms with Crippen LogP contribution in [0.2, 0.25) is 0 Å². The molecule has 2 rings (SSSR count). The van der Waals surface area contributed by atoms with E-state index in [1.807, 2.05) is 13.8 Å². The van der Waals surface area contributed by atoms with Crippen LogP contribution in [0.25, 0.3) is 0 Å². The summed E-state index contributed by atoms with van der Waals surface area (Å²) >= 11 is 0. The van der Waals surface area contributed by atoms with E-state index in [1.54, 1.807) is 6.92 Å². The van der Waals surface area contributed by atoms with E-state index >= 15 is 0 Å². The number of hydrogen-bond donors (Lipinski definition) is 2. The molecule has 1 aliphatic rings. The first kappa shape index (κ1) is 17.0. The Morgan fingerprint density at radius 2 is 2.18 bits per heavy atom. The van der Waals surface area contributed by atoms with Crippen molar-refractivity contribution in [1.82, 2.24) is 14.3 Å². The van der Waals surface area contributed by atoms with Crippen LogP contribution < -0.4 is 0 Å². The van der Waals surface area contributed by atoms with Crippen LogP contribution >= 0.6 is 0 Å². The lowest BCUT2D eigenvalue weighted by Gasteiger charge is -2.31. The molecule has 0 saturated carbocycles. The normalized spacial score (nSPS) is 20.5. The molecular weight excluding hydrogens is 306 g/mol. The second-order valence-electron chi connectivity index (χ2n) is 6.27. The summed E-state index contributed by atoms with van der Waals surface area (Å²) in [5.74, 6) is -0.367. The molecule has 0 bridgehead atoms. The summed E-state index contributed by atoms with van der Waals surface area (Å²) in [6.07, 6.45) is 1.56. The third-order valence-corrected chi connectivity index (χ3v) is 6.02. The van der Waals surface area contributed by atoms with Crippen LogP contribution in [0, 0.1) is 12.8 Å². The summed E-state index contributed by atoms with van der Waals surface area (Å²) in [4.78, 5) is 18.2. The van der Waals surface area contributed by atoms with Gasteiger partial charge in [-0.05, 0) is 25.7 Å². The highest BCUT2D eigenvalue weighted by Crippen LogP contribution is 2.27. The zero-order valence-electron chi connectivity index (χ0n) is 13.2. The number of piperidine rings is 1. The Morgan fingerprint density at radius 1 is 1.50 bits per heavy atom. The quantitative estimate of drug-likeness (QED) is 0.853. The van der Waals surface area contributed by atoms with Crippen molar-refractivity contribution in [2.24, 2.45) is 5.92 Å². The van der Waals surface area contributed by atoms with Gasteiger partial charge in [-0.1, -0.05) is 13.8 Å². The van der Waals surface area contributed by atoms with Gasteiger partial charge < -0.3 is 10.1 Å². The molecule has 1 aliphatic heterocycles. The molecule has 2 N–H and O–H groups in total. The van der Waals surface area contributed by atoms with E-state index in [4.69, 9.17) is 5.11 Å². The zero-order chi connectivity index (χ0) is 16.5. The fourth-order valence-corrected chi connectivity index (χ4v) is 4.70. The Balaban J connectivity index is 2.17. The number of aromatic amines is 1. The molecule has 0 amide bonds. The fraction of sp³-hybridized carbons (Fsp3) is 0.714. The van der Waals surface area contributed by atoms with Crippen LogP contribution in [0.15, 0.2) is 0 Å². The van der Waals surface area contributed by atoms with Gasteiger partial charge in [-0.15, -0.1) is 0 Å². The van der Waals surface area contributed by atoms with Crippen molar-refractivity contribution in [3.8, 4) is 0 Å². The Bertz CT molecular complexity index is 651. The molecule has 124 valence electrons. The molecule has 2 heterocycles. The van der Waals surface area contributed by atoms with Gasteiger partial charge in [-0.25, -0.2) is 22.5 Å². The number of carboxylic acids is 1. The van der Waals surface area contributed by atoms with Crippen molar-refractivity contribution in [3.05, 3.63) is 17.2 Å². The van der Waals surface area contributed by atoms with Crippen molar-refractivity contribution in [2.75, 3.05) is 18.8 Å². The first-order chi connectivity index (χ1) is 10.2. The van der Waals surface area contributed by atoms with E-state index in [-0.39, 0.29) is 23.3 Å². The Morgan fingerprint density at radius 3 is 2.73 bits per heavy atom. The zero-order valence-corrected chi connectivity index (χ0v) is 14.0. The number of hydrogen-bond acceptors (Lipinski definition) is 4. The lowest BCUT2D eigenvalue weighted by molar-refractivity contribution is 0.0690. The van der Waals surface area contributed by atoms with Crippen molar-refractivity contribution < 1.29 is 18.3 Å². The van der Waals surface area contributed by atoms with E-state index in [9.17, 15) is 13.2 Å². The molecule has 0 spiro atoms. The number of nitrogens with one attached hydrogen (secondary N) is 1. The predicted octanol–water partition coefficient (Wildman–Crippen LogP) is 1.58. The standard InChI is InChI=1S/C14H23N3O4S/c1-9(2)8-22(20,21)17-6-4-5-11(7-17)13-15-10(3)12(16-13)14(18)19/h9,11H,4-8H2,1-3H3,(H,15,16)(H,18,19). The maximum absolute atomic E-state index is 12.4. The third-order valence-electron chi connectivity index (χ3n) is 3.81. The minimum atomic E-state index is -3.27. The minimum absolute atomic E-state index is 0.0113. The molecule has 1 unspecified atom stereocenters. The molecule has 1 fully saturated rings. The highest BCUT2D eigenvalue weighted by atomic mass is 32.2. The van der Waals surface area contributed by atoms with E-state index in [0.717, 1.165) is 12.8 Å². The predicted molar refractivity (Wildman–Crippen MR) is 82.5 cm³/mol. The Hall–Kier alpha value is -1.41. The summed E-state index contributed by atoms with van der Waals surface area (Å²) in [6.45, 7) is 6.32. The first-order valence-corrected chi connectivity index (χ1v) is 9.09. The summed E-state index contributed by atoms with van der Waals surface area (Å²) in [5.41, 5.74) is 0.516. The highest BCUT2D eigenvalue weighted by Gasteiger charge is 2.32. The van der Waals surface area contributed by atoms with Crippen molar-refractivity contribution >= 4 is 16.0 Å². The van der Waals surface area contributed by atoms with Crippen LogP contribution in [-0.2, 0) is 10.0 Å². The Kier molecular flexibility index (Phi) is 4.91. The van der Waals surface area contributed by atoms with E-state index in [2.05, 4.69) is 9.97 Å². The topological polar surface area (TPSA) is 103 Å². The maximum atomic E-state index is 12.4. The molecule has 22 heavy (non-hydrogen) atoms. The average Bonchev–Trinajstić information content (AvgIpc) is 2.80. The third kappa shape index (κ3) is 3.67. The summed E-state index contributed by atoms with van der Waals surface area (Å²) in [7, 11) is -3.27. The number of aromatic nitrogens is 2. The van der Waals surface area contributed by atoms with Gasteiger partial charge in [0.15, 0.2) is 5.69 Å². The van der Waals surface area contributed by atoms with E-state index in [0.29, 0.717) is 24.6 Å². The molecule has 7 nitrogen and oxygen atoms in total. The van der Waals surface area contributed by atoms with Gasteiger partial charge in [0, 0.05) is 24.7 Å². The van der Waals surface area contributed by atoms with Crippen molar-refractivity contribution in [2.45, 2.75) is 39.5 Å². The number of H-pyrrole nitrogens is 1. The molecule has 0 aliphatic carbocycles. The van der Waals surface area contributed by atoms with Crippen LogP contribution in [0.5, 0.6) is 0 Å². The number of carboxylic acid groups (broad SMARTS) is 1. The molecule has 1 aromatic heterocycles. The monoisotopic (exact) mass is 329 g/mol. The number of sulfonamides is 1. The van der Waals surface area contributed by atoms with Crippen molar-refractivity contribution in [1.29, 1.82) is 0 Å². The van der Waals surface area contributed by atoms with Gasteiger partial charge >= 0.3 is 5.97 Å².